The maximum atomic E-state index is 5.93. The van der Waals surface area contributed by atoms with E-state index in [1.807, 2.05) is 20.8 Å². The second-order valence-electron chi connectivity index (χ2n) is 8.71. The van der Waals surface area contributed by atoms with E-state index >= 15 is 0 Å². The molecule has 6 heteroatoms. The summed E-state index contributed by atoms with van der Waals surface area (Å²) in [6, 6.07) is 0.963. The van der Waals surface area contributed by atoms with Crippen LogP contribution in [0.1, 0.15) is 111 Å². The molecule has 0 aliphatic carbocycles. The normalized spacial score (nSPS) is 16.2. The Morgan fingerprint density at radius 2 is 1.00 bits per heavy atom. The quantitative estimate of drug-likeness (QED) is 0.0841. The molecule has 0 N–H and O–H groups in total. The Balaban J connectivity index is 1.80. The van der Waals surface area contributed by atoms with Crippen LogP contribution in [-0.2, 0) is 22.8 Å². The number of hydrogen-bond acceptors (Lipinski definition) is 5. The standard InChI is InChI=1S/C25H52O5Si/c1-4-28-31(29-5-2,30-6-3)22-20-18-16-14-12-10-8-7-9-11-13-15-17-19-21-26-23-25-24-27-25/h25H,4-24H2,1-3H3. The smallest absolute Gasteiger partial charge is 0.379 e. The van der Waals surface area contributed by atoms with Crippen molar-refractivity contribution >= 4 is 8.80 Å². The highest BCUT2D eigenvalue weighted by Crippen LogP contribution is 2.21. The summed E-state index contributed by atoms with van der Waals surface area (Å²) < 4.78 is 28.5. The topological polar surface area (TPSA) is 49.5 Å². The number of ether oxygens (including phenoxy) is 2. The SMILES string of the molecule is CCO[Si](CCCCCCCCCCCCCCCCOCC1CO1)(OCC)OCC. The maximum Gasteiger partial charge on any atom is 0.500 e. The molecule has 5 nitrogen and oxygen atoms in total. The first-order valence-electron chi connectivity index (χ1n) is 13.4. The Hall–Kier alpha value is 0.0169. The third-order valence-electron chi connectivity index (χ3n) is 5.82. The second kappa shape index (κ2) is 20.6. The Bertz CT molecular complexity index is 362. The summed E-state index contributed by atoms with van der Waals surface area (Å²) in [6.45, 7) is 10.7. The molecule has 1 atom stereocenters. The van der Waals surface area contributed by atoms with Crippen molar-refractivity contribution in [3.05, 3.63) is 0 Å². The zero-order valence-electron chi connectivity index (χ0n) is 21.0. The summed E-state index contributed by atoms with van der Waals surface area (Å²) in [5, 5.41) is 0. The van der Waals surface area contributed by atoms with E-state index in [4.69, 9.17) is 22.8 Å². The second-order valence-corrected chi connectivity index (χ2v) is 11.4. The molecule has 186 valence electrons. The molecule has 31 heavy (non-hydrogen) atoms. The van der Waals surface area contributed by atoms with Crippen LogP contribution in [0.4, 0.5) is 0 Å². The molecule has 1 rings (SSSR count). The summed E-state index contributed by atoms with van der Waals surface area (Å²) in [5.74, 6) is 0. The van der Waals surface area contributed by atoms with E-state index in [1.165, 1.54) is 83.5 Å². The van der Waals surface area contributed by atoms with Crippen LogP contribution in [0.25, 0.3) is 0 Å². The number of rotatable bonds is 25. The molecule has 0 aromatic heterocycles. The van der Waals surface area contributed by atoms with E-state index in [0.717, 1.165) is 32.3 Å². The van der Waals surface area contributed by atoms with Crippen LogP contribution in [0.5, 0.6) is 0 Å². The molecule has 1 unspecified atom stereocenters. The van der Waals surface area contributed by atoms with E-state index in [1.54, 1.807) is 0 Å². The van der Waals surface area contributed by atoms with Gasteiger partial charge in [-0.1, -0.05) is 77.0 Å². The summed E-state index contributed by atoms with van der Waals surface area (Å²) in [4.78, 5) is 0. The van der Waals surface area contributed by atoms with Crippen LogP contribution in [-0.4, -0.2) is 54.5 Å². The van der Waals surface area contributed by atoms with Gasteiger partial charge in [-0.25, -0.2) is 0 Å². The van der Waals surface area contributed by atoms with Crippen LogP contribution < -0.4 is 0 Å². The number of epoxide rings is 1. The molecule has 1 fully saturated rings. The van der Waals surface area contributed by atoms with Crippen molar-refractivity contribution in [1.82, 2.24) is 0 Å². The van der Waals surface area contributed by atoms with Crippen molar-refractivity contribution in [2.24, 2.45) is 0 Å². The van der Waals surface area contributed by atoms with Crippen molar-refractivity contribution < 1.29 is 22.8 Å². The van der Waals surface area contributed by atoms with Gasteiger partial charge in [0.05, 0.1) is 13.2 Å². The predicted molar refractivity (Wildman–Crippen MR) is 131 cm³/mol. The van der Waals surface area contributed by atoms with Crippen molar-refractivity contribution in [2.75, 3.05) is 39.6 Å². The molecule has 0 radical (unpaired) electrons. The summed E-state index contributed by atoms with van der Waals surface area (Å²) in [5.41, 5.74) is 0. The van der Waals surface area contributed by atoms with E-state index in [0.29, 0.717) is 25.9 Å². The van der Waals surface area contributed by atoms with Crippen molar-refractivity contribution in [2.45, 2.75) is 123 Å². The fourth-order valence-electron chi connectivity index (χ4n) is 4.05. The lowest BCUT2D eigenvalue weighted by Crippen LogP contribution is -2.45. The first kappa shape index (κ1) is 29.0. The maximum absolute atomic E-state index is 5.93. The van der Waals surface area contributed by atoms with Gasteiger partial charge >= 0.3 is 8.80 Å². The third-order valence-corrected chi connectivity index (χ3v) is 8.97. The zero-order chi connectivity index (χ0) is 22.5. The van der Waals surface area contributed by atoms with Gasteiger partial charge in [-0.15, -0.1) is 0 Å². The molecule has 0 aromatic carbocycles. The molecule has 0 amide bonds. The minimum absolute atomic E-state index is 0.411. The largest absolute Gasteiger partial charge is 0.500 e. The van der Waals surface area contributed by atoms with E-state index in [9.17, 15) is 0 Å². The minimum Gasteiger partial charge on any atom is -0.379 e. The molecular formula is C25H52O5Si. The van der Waals surface area contributed by atoms with Gasteiger partial charge in [-0.3, -0.25) is 0 Å². The van der Waals surface area contributed by atoms with Gasteiger partial charge in [0.15, 0.2) is 0 Å². The van der Waals surface area contributed by atoms with E-state index in [-0.39, 0.29) is 0 Å². The van der Waals surface area contributed by atoms with Gasteiger partial charge in [-0.05, 0) is 33.6 Å². The highest BCUT2D eigenvalue weighted by Gasteiger charge is 2.39. The molecule has 0 aromatic rings. The summed E-state index contributed by atoms with van der Waals surface area (Å²) in [6.07, 6.45) is 19.2. The zero-order valence-corrected chi connectivity index (χ0v) is 22.0. The Kier molecular flexibility index (Phi) is 19.3. The van der Waals surface area contributed by atoms with Crippen molar-refractivity contribution in [3.8, 4) is 0 Å². The van der Waals surface area contributed by atoms with Gasteiger partial charge < -0.3 is 22.8 Å². The van der Waals surface area contributed by atoms with Crippen LogP contribution in [0, 0.1) is 0 Å². The van der Waals surface area contributed by atoms with E-state index < -0.39 is 8.80 Å². The number of unbranched alkanes of at least 4 members (excludes halogenated alkanes) is 13. The Morgan fingerprint density at radius 3 is 1.39 bits per heavy atom. The summed E-state index contributed by atoms with van der Waals surface area (Å²) in [7, 11) is -2.42. The monoisotopic (exact) mass is 460 g/mol. The fraction of sp³-hybridized carbons (Fsp3) is 1.00. The first-order chi connectivity index (χ1) is 15.3. The fourth-order valence-corrected chi connectivity index (χ4v) is 6.73. The molecular weight excluding hydrogens is 408 g/mol. The summed E-state index contributed by atoms with van der Waals surface area (Å²) >= 11 is 0. The highest BCUT2D eigenvalue weighted by molar-refractivity contribution is 6.60. The predicted octanol–water partition coefficient (Wildman–Crippen LogP) is 6.91. The van der Waals surface area contributed by atoms with Gasteiger partial charge in [0.2, 0.25) is 0 Å². The lowest BCUT2D eigenvalue weighted by atomic mass is 10.0. The Morgan fingerprint density at radius 1 is 0.613 bits per heavy atom. The molecule has 1 aliphatic heterocycles. The first-order valence-corrected chi connectivity index (χ1v) is 15.3. The lowest BCUT2D eigenvalue weighted by molar-refractivity contribution is 0.0706. The minimum atomic E-state index is -2.42. The lowest BCUT2D eigenvalue weighted by Gasteiger charge is -2.28. The van der Waals surface area contributed by atoms with Crippen molar-refractivity contribution in [3.63, 3.8) is 0 Å². The van der Waals surface area contributed by atoms with Crippen molar-refractivity contribution in [1.29, 1.82) is 0 Å². The van der Waals surface area contributed by atoms with Gasteiger partial charge in [0.1, 0.15) is 6.10 Å². The van der Waals surface area contributed by atoms with Gasteiger partial charge in [-0.2, -0.15) is 0 Å². The average molecular weight is 461 g/mol. The highest BCUT2D eigenvalue weighted by atomic mass is 28.4. The average Bonchev–Trinajstić information content (AvgIpc) is 3.58. The molecule has 1 heterocycles. The van der Waals surface area contributed by atoms with Gasteiger partial charge in [0.25, 0.3) is 0 Å². The Labute approximate surface area is 194 Å². The van der Waals surface area contributed by atoms with Gasteiger partial charge in [0, 0.05) is 32.5 Å². The molecule has 0 saturated carbocycles. The number of hydrogen-bond donors (Lipinski definition) is 0. The molecule has 0 bridgehead atoms. The molecule has 1 aliphatic rings. The third kappa shape index (κ3) is 17.2. The van der Waals surface area contributed by atoms with E-state index in [2.05, 4.69) is 0 Å². The van der Waals surface area contributed by atoms with Crippen LogP contribution in [0.3, 0.4) is 0 Å². The molecule has 1 saturated heterocycles. The van der Waals surface area contributed by atoms with Crippen LogP contribution in [0.2, 0.25) is 6.04 Å². The van der Waals surface area contributed by atoms with Crippen LogP contribution in [0.15, 0.2) is 0 Å². The van der Waals surface area contributed by atoms with Crippen LogP contribution >= 0.6 is 0 Å². The molecule has 0 spiro atoms.